The molecule has 2 fully saturated rings. The zero-order valence-corrected chi connectivity index (χ0v) is 20.9. The lowest BCUT2D eigenvalue weighted by Gasteiger charge is -2.26. The van der Waals surface area contributed by atoms with Crippen molar-refractivity contribution in [2.45, 2.75) is 40.2 Å². The number of urea groups is 1. The average Bonchev–Trinajstić information content (AvgIpc) is 3.32. The van der Waals surface area contributed by atoms with Gasteiger partial charge >= 0.3 is 6.03 Å². The van der Waals surface area contributed by atoms with Gasteiger partial charge in [0.15, 0.2) is 5.82 Å². The third-order valence-electron chi connectivity index (χ3n) is 5.68. The summed E-state index contributed by atoms with van der Waals surface area (Å²) in [5.41, 5.74) is 2.46. The summed E-state index contributed by atoms with van der Waals surface area (Å²) in [4.78, 5) is 23.1. The molecule has 1 aromatic carbocycles. The monoisotopic (exact) mass is 481 g/mol. The molecule has 188 valence electrons. The number of amides is 2. The van der Waals surface area contributed by atoms with E-state index in [1.165, 1.54) is 6.20 Å². The van der Waals surface area contributed by atoms with E-state index in [0.29, 0.717) is 48.5 Å². The number of carbonyl (C=O) groups excluding carboxylic acids is 1. The third-order valence-corrected chi connectivity index (χ3v) is 5.68. The van der Waals surface area contributed by atoms with Gasteiger partial charge in [0, 0.05) is 32.2 Å². The highest BCUT2D eigenvalue weighted by atomic mass is 16.5. The highest BCUT2D eigenvalue weighted by Crippen LogP contribution is 2.36. The van der Waals surface area contributed by atoms with Crippen LogP contribution < -0.4 is 25.6 Å². The normalized spacial score (nSPS) is 19.2. The van der Waals surface area contributed by atoms with Gasteiger partial charge < -0.3 is 25.0 Å². The number of aryl methyl sites for hydroxylation is 1. The lowest BCUT2D eigenvalue weighted by Crippen LogP contribution is -2.41. The van der Waals surface area contributed by atoms with E-state index >= 15 is 0 Å². The average molecular weight is 482 g/mol. The molecule has 1 unspecified atom stereocenters. The second-order valence-electron chi connectivity index (χ2n) is 8.45. The molecule has 1 aromatic heterocycles. The van der Waals surface area contributed by atoms with Crippen LogP contribution in [0.2, 0.25) is 0 Å². The number of benzene rings is 1. The number of nitriles is 1. The Morgan fingerprint density at radius 3 is 2.77 bits per heavy atom. The van der Waals surface area contributed by atoms with Gasteiger partial charge in [0.2, 0.25) is 0 Å². The quantitative estimate of drug-likeness (QED) is 0.572. The third kappa shape index (κ3) is 7.28. The summed E-state index contributed by atoms with van der Waals surface area (Å²) in [5.74, 6) is 1.37. The summed E-state index contributed by atoms with van der Waals surface area (Å²) in [6.45, 7) is 12.2. The van der Waals surface area contributed by atoms with Crippen LogP contribution in [0, 0.1) is 24.2 Å². The number of nitrogens with one attached hydrogen (secondary N) is 3. The molecule has 2 aliphatic heterocycles. The highest BCUT2D eigenvalue weighted by Gasteiger charge is 2.24. The molecule has 2 aromatic rings. The van der Waals surface area contributed by atoms with Crippen molar-refractivity contribution in [2.24, 2.45) is 5.92 Å². The summed E-state index contributed by atoms with van der Waals surface area (Å²) >= 11 is 0. The van der Waals surface area contributed by atoms with Crippen LogP contribution in [0.5, 0.6) is 5.75 Å². The molecule has 0 bridgehead atoms. The van der Waals surface area contributed by atoms with Crippen molar-refractivity contribution in [1.82, 2.24) is 15.3 Å². The molecular formula is C25H35N7O3. The number of nitrogens with zero attached hydrogens (tertiary/aromatic N) is 4. The molecule has 35 heavy (non-hydrogen) atoms. The van der Waals surface area contributed by atoms with Gasteiger partial charge in [-0.25, -0.2) is 9.78 Å². The largest absolute Gasteiger partial charge is 0.489 e. The van der Waals surface area contributed by atoms with Gasteiger partial charge in [-0.05, 0) is 25.3 Å². The van der Waals surface area contributed by atoms with Gasteiger partial charge in [0.1, 0.15) is 24.5 Å². The molecule has 2 amide bonds. The predicted octanol–water partition coefficient (Wildman–Crippen LogP) is 3.54. The molecule has 3 N–H and O–H groups in total. The summed E-state index contributed by atoms with van der Waals surface area (Å²) in [7, 11) is 0. The second-order valence-corrected chi connectivity index (χ2v) is 8.45. The van der Waals surface area contributed by atoms with E-state index < -0.39 is 6.03 Å². The first-order chi connectivity index (χ1) is 17.0. The SMILES string of the molecule is CC.Cc1cnc(NC(=O)Nc2cc(C#N)c(N3CCC(C)C3)cc2OC[C@@H]2CNCCO2)cn1. The standard InChI is InChI=1S/C23H29N7O3.C2H6/c1-15-3-5-30(13-15)20-8-21(33-14-18-11-25-4-6-32-18)19(7-17(20)9-24)28-23(31)29-22-12-26-16(2)10-27-22;1-2/h7-8,10,12,15,18,25H,3-6,11,13-14H2,1-2H3,(H2,27,28,29,31);1-2H3/t15?,18-;/m0./s1. The minimum Gasteiger partial charge on any atom is -0.489 e. The molecule has 0 spiro atoms. The fourth-order valence-corrected chi connectivity index (χ4v) is 3.93. The molecule has 10 heteroatoms. The predicted molar refractivity (Wildman–Crippen MR) is 136 cm³/mol. The van der Waals surface area contributed by atoms with Crippen molar-refractivity contribution in [2.75, 3.05) is 54.9 Å². The topological polar surface area (TPSA) is 124 Å². The van der Waals surface area contributed by atoms with Crippen LogP contribution in [-0.4, -0.2) is 61.5 Å². The van der Waals surface area contributed by atoms with Gasteiger partial charge in [-0.3, -0.25) is 10.3 Å². The Kier molecular flexibility index (Phi) is 9.64. The minimum absolute atomic E-state index is 0.0887. The maximum absolute atomic E-state index is 12.6. The summed E-state index contributed by atoms with van der Waals surface area (Å²) in [5, 5.41) is 18.5. The van der Waals surface area contributed by atoms with Crippen LogP contribution in [0.25, 0.3) is 0 Å². The number of rotatable bonds is 6. The van der Waals surface area contributed by atoms with Crippen molar-refractivity contribution in [3.8, 4) is 11.8 Å². The second kappa shape index (κ2) is 12.9. The summed E-state index contributed by atoms with van der Waals surface area (Å²) in [6, 6.07) is 5.27. The van der Waals surface area contributed by atoms with Crippen molar-refractivity contribution in [3.05, 3.63) is 35.8 Å². The van der Waals surface area contributed by atoms with Gasteiger partial charge in [0.05, 0.1) is 41.6 Å². The number of morpholine rings is 1. The molecule has 0 aliphatic carbocycles. The fraction of sp³-hybridized carbons (Fsp3) is 0.520. The van der Waals surface area contributed by atoms with Crippen LogP contribution in [0.1, 0.15) is 38.4 Å². The molecule has 0 radical (unpaired) electrons. The van der Waals surface area contributed by atoms with Crippen molar-refractivity contribution in [3.63, 3.8) is 0 Å². The van der Waals surface area contributed by atoms with E-state index in [1.807, 2.05) is 26.8 Å². The molecule has 2 atom stereocenters. The highest BCUT2D eigenvalue weighted by molar-refractivity contribution is 6.00. The van der Waals surface area contributed by atoms with Gasteiger partial charge in [-0.15, -0.1) is 0 Å². The van der Waals surface area contributed by atoms with Crippen molar-refractivity contribution < 1.29 is 14.3 Å². The van der Waals surface area contributed by atoms with Crippen LogP contribution in [0.15, 0.2) is 24.5 Å². The van der Waals surface area contributed by atoms with Crippen molar-refractivity contribution >= 4 is 23.2 Å². The fourth-order valence-electron chi connectivity index (χ4n) is 3.93. The van der Waals surface area contributed by atoms with Crippen LogP contribution in [-0.2, 0) is 4.74 Å². The number of ether oxygens (including phenoxy) is 2. The number of aromatic nitrogens is 2. The molecule has 0 saturated carbocycles. The van der Waals surface area contributed by atoms with Gasteiger partial charge in [-0.2, -0.15) is 5.26 Å². The van der Waals surface area contributed by atoms with Gasteiger partial charge in [-0.1, -0.05) is 20.8 Å². The number of hydrogen-bond acceptors (Lipinski definition) is 8. The molecule has 10 nitrogen and oxygen atoms in total. The van der Waals surface area contributed by atoms with Crippen LogP contribution >= 0.6 is 0 Å². The Hall–Kier alpha value is -3.42. The van der Waals surface area contributed by atoms with Crippen LogP contribution in [0.4, 0.5) is 22.0 Å². The Bertz CT molecular complexity index is 1020. The van der Waals surface area contributed by atoms with E-state index in [-0.39, 0.29) is 6.10 Å². The summed E-state index contributed by atoms with van der Waals surface area (Å²) < 4.78 is 11.8. The first-order valence-electron chi connectivity index (χ1n) is 12.2. The maximum atomic E-state index is 12.6. The molecular weight excluding hydrogens is 446 g/mol. The molecule has 2 saturated heterocycles. The summed E-state index contributed by atoms with van der Waals surface area (Å²) in [6.07, 6.45) is 4.04. The number of carbonyl (C=O) groups is 1. The molecule has 2 aliphatic rings. The smallest absolute Gasteiger partial charge is 0.325 e. The zero-order valence-electron chi connectivity index (χ0n) is 20.9. The van der Waals surface area contributed by atoms with E-state index in [1.54, 1.807) is 12.3 Å². The van der Waals surface area contributed by atoms with Crippen molar-refractivity contribution in [1.29, 1.82) is 5.26 Å². The number of hydrogen-bond donors (Lipinski definition) is 3. The Labute approximate surface area is 207 Å². The lowest BCUT2D eigenvalue weighted by atomic mass is 10.1. The van der Waals surface area contributed by atoms with Crippen LogP contribution in [0.3, 0.4) is 0 Å². The first-order valence-corrected chi connectivity index (χ1v) is 12.2. The molecule has 3 heterocycles. The first kappa shape index (κ1) is 26.2. The Morgan fingerprint density at radius 2 is 2.14 bits per heavy atom. The number of anilines is 3. The van der Waals surface area contributed by atoms with E-state index in [9.17, 15) is 10.1 Å². The van der Waals surface area contributed by atoms with E-state index in [4.69, 9.17) is 9.47 Å². The Morgan fingerprint density at radius 1 is 1.31 bits per heavy atom. The lowest BCUT2D eigenvalue weighted by molar-refractivity contribution is 0.000357. The van der Waals surface area contributed by atoms with Gasteiger partial charge in [0.25, 0.3) is 0 Å². The van der Waals surface area contributed by atoms with E-state index in [0.717, 1.165) is 37.4 Å². The molecule has 4 rings (SSSR count). The zero-order chi connectivity index (χ0) is 25.2. The van der Waals surface area contributed by atoms with E-state index in [2.05, 4.69) is 43.8 Å². The Balaban J connectivity index is 0.00000167. The maximum Gasteiger partial charge on any atom is 0.325 e. The minimum atomic E-state index is -0.500.